The summed E-state index contributed by atoms with van der Waals surface area (Å²) in [6.45, 7) is 13.2. The molecular weight excluding hydrogens is 659 g/mol. The minimum Gasteiger partial charge on any atom is -0.493 e. The molecule has 0 saturated heterocycles. The number of aliphatic imine (C=N–C) groups is 1. The van der Waals surface area contributed by atoms with Crippen LogP contribution in [-0.4, -0.2) is 42.5 Å². The third kappa shape index (κ3) is 12.2. The van der Waals surface area contributed by atoms with Crippen LogP contribution in [0.15, 0.2) is 41.4 Å². The molecule has 0 N–H and O–H groups in total. The van der Waals surface area contributed by atoms with Crippen molar-refractivity contribution in [1.29, 1.82) is 0 Å². The van der Waals surface area contributed by atoms with Gasteiger partial charge in [-0.05, 0) is 103 Å². The number of hydrogen-bond donors (Lipinski definition) is 0. The van der Waals surface area contributed by atoms with Gasteiger partial charge in [-0.2, -0.15) is 26.3 Å². The molecule has 3 rings (SSSR count). The van der Waals surface area contributed by atoms with Crippen LogP contribution in [0.25, 0.3) is 0 Å². The zero-order chi connectivity index (χ0) is 34.6. The standard InChI is InChI=1S/C32H41ClF6NO5P/c1-21-40-30(19-42-21,20-43-46(44-28(2,3)4)45-29(5,6)7)15-14-22-10-13-27(25(17-22)32(37,38)39)41-16-8-9-23-11-12-24(18-26(23)33)31(34,35)36/h10-13,17-18H,8-9,14-16,19-20H2,1-7H3. The molecule has 1 unspecified atom stereocenters. The Bertz CT molecular complexity index is 1340. The monoisotopic (exact) mass is 699 g/mol. The molecule has 1 heterocycles. The Morgan fingerprint density at radius 3 is 2.07 bits per heavy atom. The van der Waals surface area contributed by atoms with E-state index in [2.05, 4.69) is 4.99 Å². The van der Waals surface area contributed by atoms with Gasteiger partial charge in [-0.25, -0.2) is 4.99 Å². The van der Waals surface area contributed by atoms with E-state index in [9.17, 15) is 26.3 Å². The Morgan fingerprint density at radius 1 is 0.891 bits per heavy atom. The number of alkyl halides is 6. The Kier molecular flexibility index (Phi) is 12.5. The van der Waals surface area contributed by atoms with Crippen LogP contribution in [0.2, 0.25) is 5.02 Å². The quantitative estimate of drug-likeness (QED) is 0.118. The number of hydrogen-bond acceptors (Lipinski definition) is 6. The van der Waals surface area contributed by atoms with Crippen molar-refractivity contribution in [1.82, 2.24) is 0 Å². The molecule has 0 saturated carbocycles. The topological polar surface area (TPSA) is 58.5 Å². The number of rotatable bonds is 13. The molecule has 0 aliphatic carbocycles. The Hall–Kier alpha value is -2.11. The molecule has 0 fully saturated rings. The lowest BCUT2D eigenvalue weighted by Gasteiger charge is -2.32. The number of halogens is 7. The van der Waals surface area contributed by atoms with Gasteiger partial charge in [0.25, 0.3) is 0 Å². The van der Waals surface area contributed by atoms with E-state index in [-0.39, 0.29) is 49.9 Å². The highest BCUT2D eigenvalue weighted by Gasteiger charge is 2.39. The van der Waals surface area contributed by atoms with Gasteiger partial charge in [0.1, 0.15) is 17.9 Å². The third-order valence-corrected chi connectivity index (χ3v) is 8.62. The first-order chi connectivity index (χ1) is 21.1. The van der Waals surface area contributed by atoms with Gasteiger partial charge >= 0.3 is 21.0 Å². The van der Waals surface area contributed by atoms with Gasteiger partial charge in [-0.3, -0.25) is 0 Å². The second kappa shape index (κ2) is 15.0. The van der Waals surface area contributed by atoms with Crippen molar-refractivity contribution in [2.45, 2.75) is 103 Å². The van der Waals surface area contributed by atoms with Crippen molar-refractivity contribution in [3.63, 3.8) is 0 Å². The SMILES string of the molecule is CC1=NC(CCc2ccc(OCCCc3ccc(C(F)(F)F)cc3Cl)c(C(F)(F)F)c2)(COP(OC(C)(C)C)OC(C)(C)C)CO1. The van der Waals surface area contributed by atoms with Crippen molar-refractivity contribution in [2.24, 2.45) is 4.99 Å². The van der Waals surface area contributed by atoms with E-state index < -0.39 is 48.8 Å². The largest absolute Gasteiger partial charge is 0.493 e. The lowest BCUT2D eigenvalue weighted by molar-refractivity contribution is -0.139. The van der Waals surface area contributed by atoms with E-state index >= 15 is 0 Å². The van der Waals surface area contributed by atoms with Crippen LogP contribution in [0.3, 0.4) is 0 Å². The molecule has 258 valence electrons. The summed E-state index contributed by atoms with van der Waals surface area (Å²) in [6.07, 6.45) is -8.15. The molecule has 0 radical (unpaired) electrons. The van der Waals surface area contributed by atoms with Gasteiger partial charge in [0, 0.05) is 11.9 Å². The molecule has 0 bridgehead atoms. The van der Waals surface area contributed by atoms with Crippen LogP contribution in [0.4, 0.5) is 26.3 Å². The molecule has 1 aliphatic heterocycles. The predicted octanol–water partition coefficient (Wildman–Crippen LogP) is 10.4. The molecule has 2 aromatic carbocycles. The van der Waals surface area contributed by atoms with Gasteiger partial charge < -0.3 is 23.0 Å². The number of ether oxygens (including phenoxy) is 2. The molecule has 1 atom stereocenters. The fourth-order valence-corrected chi connectivity index (χ4v) is 6.09. The number of nitrogens with zero attached hydrogens (tertiary/aromatic N) is 1. The lowest BCUT2D eigenvalue weighted by atomic mass is 9.93. The average Bonchev–Trinajstić information content (AvgIpc) is 3.27. The van der Waals surface area contributed by atoms with Crippen molar-refractivity contribution >= 4 is 26.1 Å². The number of benzene rings is 2. The molecule has 14 heteroatoms. The van der Waals surface area contributed by atoms with Crippen LogP contribution < -0.4 is 4.74 Å². The summed E-state index contributed by atoms with van der Waals surface area (Å²) in [4.78, 5) is 4.64. The second-order valence-electron chi connectivity index (χ2n) is 13.1. The molecule has 46 heavy (non-hydrogen) atoms. The minimum absolute atomic E-state index is 0.0643. The normalized spacial score (nSPS) is 17.8. The summed E-state index contributed by atoms with van der Waals surface area (Å²) in [5, 5.41) is -0.0643. The van der Waals surface area contributed by atoms with Gasteiger partial charge in [-0.15, -0.1) is 0 Å². The zero-order valence-corrected chi connectivity index (χ0v) is 28.6. The van der Waals surface area contributed by atoms with Crippen LogP contribution in [0.1, 0.15) is 83.6 Å². The smallest absolute Gasteiger partial charge is 0.419 e. The number of aryl methyl sites for hydroxylation is 2. The van der Waals surface area contributed by atoms with Crippen LogP contribution in [-0.2, 0) is 43.5 Å². The maximum atomic E-state index is 14.1. The van der Waals surface area contributed by atoms with Crippen molar-refractivity contribution in [2.75, 3.05) is 19.8 Å². The van der Waals surface area contributed by atoms with Gasteiger partial charge in [0.15, 0.2) is 5.90 Å². The van der Waals surface area contributed by atoms with Gasteiger partial charge in [0.2, 0.25) is 0 Å². The summed E-state index contributed by atoms with van der Waals surface area (Å²) < 4.78 is 110. The summed E-state index contributed by atoms with van der Waals surface area (Å²) in [5.74, 6) is 0.119. The predicted molar refractivity (Wildman–Crippen MR) is 166 cm³/mol. The molecule has 6 nitrogen and oxygen atoms in total. The summed E-state index contributed by atoms with van der Waals surface area (Å²) in [6, 6.07) is 6.91. The Balaban J connectivity index is 1.67. The van der Waals surface area contributed by atoms with E-state index in [1.807, 2.05) is 41.5 Å². The summed E-state index contributed by atoms with van der Waals surface area (Å²) in [7, 11) is -1.76. The van der Waals surface area contributed by atoms with E-state index in [0.29, 0.717) is 23.4 Å². The van der Waals surface area contributed by atoms with Crippen LogP contribution in [0, 0.1) is 0 Å². The first kappa shape index (κ1) is 38.3. The highest BCUT2D eigenvalue weighted by molar-refractivity contribution is 7.41. The van der Waals surface area contributed by atoms with E-state index in [4.69, 9.17) is 34.6 Å². The van der Waals surface area contributed by atoms with Crippen LogP contribution >= 0.6 is 20.2 Å². The maximum absolute atomic E-state index is 14.1. The van der Waals surface area contributed by atoms with Gasteiger partial charge in [0.05, 0.1) is 35.5 Å². The van der Waals surface area contributed by atoms with E-state index in [0.717, 1.165) is 18.2 Å². The summed E-state index contributed by atoms with van der Waals surface area (Å²) >= 11 is 5.99. The first-order valence-electron chi connectivity index (χ1n) is 14.7. The minimum atomic E-state index is -4.68. The van der Waals surface area contributed by atoms with Crippen molar-refractivity contribution in [3.8, 4) is 5.75 Å². The maximum Gasteiger partial charge on any atom is 0.419 e. The third-order valence-electron chi connectivity index (χ3n) is 6.54. The van der Waals surface area contributed by atoms with Gasteiger partial charge in [-0.1, -0.05) is 23.7 Å². The first-order valence-corrected chi connectivity index (χ1v) is 16.2. The lowest BCUT2D eigenvalue weighted by Crippen LogP contribution is -2.35. The highest BCUT2D eigenvalue weighted by atomic mass is 35.5. The molecule has 2 aromatic rings. The summed E-state index contributed by atoms with van der Waals surface area (Å²) in [5.41, 5.74) is -2.85. The van der Waals surface area contributed by atoms with Crippen LogP contribution in [0.5, 0.6) is 5.75 Å². The van der Waals surface area contributed by atoms with E-state index in [1.54, 1.807) is 13.0 Å². The Morgan fingerprint density at radius 2 is 1.54 bits per heavy atom. The second-order valence-corrected chi connectivity index (χ2v) is 14.6. The Labute approximate surface area is 272 Å². The molecule has 0 amide bonds. The van der Waals surface area contributed by atoms with E-state index in [1.165, 1.54) is 12.1 Å². The van der Waals surface area contributed by atoms with Crippen molar-refractivity contribution < 1.29 is 49.4 Å². The fraction of sp³-hybridized carbons (Fsp3) is 0.594. The van der Waals surface area contributed by atoms with Crippen molar-refractivity contribution in [3.05, 3.63) is 63.7 Å². The molecule has 0 aromatic heterocycles. The molecule has 1 aliphatic rings. The highest BCUT2D eigenvalue weighted by Crippen LogP contribution is 2.48. The zero-order valence-electron chi connectivity index (χ0n) is 27.0. The fourth-order valence-electron chi connectivity index (χ4n) is 4.43. The molecular formula is C32H41ClF6NO5P. The molecule has 0 spiro atoms. The average molecular weight is 700 g/mol.